The molecule has 8 heteroatoms. The van der Waals surface area contributed by atoms with Crippen molar-refractivity contribution < 1.29 is 9.32 Å². The third-order valence-corrected chi connectivity index (χ3v) is 5.05. The molecule has 1 saturated heterocycles. The van der Waals surface area contributed by atoms with E-state index in [9.17, 15) is 4.79 Å². The van der Waals surface area contributed by atoms with Gasteiger partial charge in [-0.05, 0) is 18.4 Å². The van der Waals surface area contributed by atoms with Crippen molar-refractivity contribution in [3.05, 3.63) is 47.9 Å². The van der Waals surface area contributed by atoms with Gasteiger partial charge in [-0.3, -0.25) is 4.79 Å². The van der Waals surface area contributed by atoms with Crippen LogP contribution in [-0.2, 0) is 11.2 Å². The third-order valence-electron chi connectivity index (χ3n) is 5.05. The second-order valence-electron chi connectivity index (χ2n) is 7.46. The van der Waals surface area contributed by atoms with Crippen molar-refractivity contribution in [2.24, 2.45) is 0 Å². The zero-order valence-corrected chi connectivity index (χ0v) is 16.2. The number of rotatable bonds is 6. The highest BCUT2D eigenvalue weighted by atomic mass is 16.5. The summed E-state index contributed by atoms with van der Waals surface area (Å²) in [5.41, 5.74) is 1.75. The second kappa shape index (κ2) is 7.92. The Bertz CT molecular complexity index is 933. The van der Waals surface area contributed by atoms with Gasteiger partial charge in [-0.1, -0.05) is 54.5 Å². The largest absolute Gasteiger partial charge is 0.340 e. The van der Waals surface area contributed by atoms with Gasteiger partial charge in [-0.2, -0.15) is 4.98 Å². The minimum atomic E-state index is 0.120. The summed E-state index contributed by atoms with van der Waals surface area (Å²) in [7, 11) is 0. The van der Waals surface area contributed by atoms with Crippen molar-refractivity contribution in [1.29, 1.82) is 0 Å². The number of nitrogens with zero attached hydrogens (tertiary/aromatic N) is 6. The first kappa shape index (κ1) is 18.3. The van der Waals surface area contributed by atoms with Crippen molar-refractivity contribution in [2.75, 3.05) is 13.1 Å². The molecule has 2 aromatic heterocycles. The standard InChI is InChI=1S/C20H24N6O2/c1-14(2)19-21-20(28-23-19)17-13-26(24-22-17)16-10-11-25(12-16)18(27)9-8-15-6-4-3-5-7-15/h3-7,13-14,16H,8-12H2,1-2H3/t16-/m0/s1. The first-order valence-electron chi connectivity index (χ1n) is 9.67. The Kier molecular flexibility index (Phi) is 5.18. The molecule has 0 unspecified atom stereocenters. The van der Waals surface area contributed by atoms with Gasteiger partial charge in [0.25, 0.3) is 5.89 Å². The van der Waals surface area contributed by atoms with E-state index in [2.05, 4.69) is 32.6 Å². The topological polar surface area (TPSA) is 89.9 Å². The number of hydrogen-bond donors (Lipinski definition) is 0. The summed E-state index contributed by atoms with van der Waals surface area (Å²) < 4.78 is 7.08. The molecule has 0 spiro atoms. The molecule has 28 heavy (non-hydrogen) atoms. The molecule has 1 atom stereocenters. The van der Waals surface area contributed by atoms with Crippen LogP contribution in [0.25, 0.3) is 11.6 Å². The smallest absolute Gasteiger partial charge is 0.280 e. The first-order valence-corrected chi connectivity index (χ1v) is 9.67. The maximum Gasteiger partial charge on any atom is 0.280 e. The maximum atomic E-state index is 12.5. The summed E-state index contributed by atoms with van der Waals surface area (Å²) >= 11 is 0. The van der Waals surface area contributed by atoms with Crippen LogP contribution in [0, 0.1) is 0 Å². The van der Waals surface area contributed by atoms with E-state index in [1.54, 1.807) is 4.68 Å². The monoisotopic (exact) mass is 380 g/mol. The molecule has 4 rings (SSSR count). The third kappa shape index (κ3) is 3.95. The van der Waals surface area contributed by atoms with Crippen LogP contribution in [0.4, 0.5) is 0 Å². The van der Waals surface area contributed by atoms with Crippen LogP contribution in [0.15, 0.2) is 41.1 Å². The van der Waals surface area contributed by atoms with Gasteiger partial charge in [-0.15, -0.1) is 5.10 Å². The Hall–Kier alpha value is -3.03. The van der Waals surface area contributed by atoms with E-state index in [0.717, 1.165) is 19.4 Å². The predicted molar refractivity (Wildman–Crippen MR) is 102 cm³/mol. The van der Waals surface area contributed by atoms with Crippen LogP contribution in [-0.4, -0.2) is 49.0 Å². The zero-order valence-electron chi connectivity index (χ0n) is 16.2. The summed E-state index contributed by atoms with van der Waals surface area (Å²) in [5.74, 6) is 1.41. The Labute approximate surface area is 163 Å². The van der Waals surface area contributed by atoms with Gasteiger partial charge in [-0.25, -0.2) is 4.68 Å². The normalized spacial score (nSPS) is 16.8. The van der Waals surface area contributed by atoms with Gasteiger partial charge in [0.1, 0.15) is 0 Å². The number of benzene rings is 1. The molecule has 0 N–H and O–H groups in total. The Morgan fingerprint density at radius 1 is 1.29 bits per heavy atom. The summed E-state index contributed by atoms with van der Waals surface area (Å²) in [6.45, 7) is 5.41. The number of carbonyl (C=O) groups excluding carboxylic acids is 1. The fraction of sp³-hybridized carbons (Fsp3) is 0.450. The Balaban J connectivity index is 1.35. The average molecular weight is 380 g/mol. The van der Waals surface area contributed by atoms with E-state index in [0.29, 0.717) is 30.4 Å². The highest BCUT2D eigenvalue weighted by molar-refractivity contribution is 5.76. The lowest BCUT2D eigenvalue weighted by molar-refractivity contribution is -0.130. The van der Waals surface area contributed by atoms with Gasteiger partial charge in [0.15, 0.2) is 11.5 Å². The minimum Gasteiger partial charge on any atom is -0.340 e. The molecule has 1 amide bonds. The highest BCUT2D eigenvalue weighted by Crippen LogP contribution is 2.24. The first-order chi connectivity index (χ1) is 13.6. The van der Waals surface area contributed by atoms with Gasteiger partial charge < -0.3 is 9.42 Å². The lowest BCUT2D eigenvalue weighted by Crippen LogP contribution is -2.29. The lowest BCUT2D eigenvalue weighted by atomic mass is 10.1. The number of aryl methyl sites for hydroxylation is 1. The molecule has 3 heterocycles. The van der Waals surface area contributed by atoms with Gasteiger partial charge in [0.2, 0.25) is 5.91 Å². The van der Waals surface area contributed by atoms with Crippen molar-refractivity contribution in [2.45, 2.75) is 45.1 Å². The summed E-state index contributed by atoms with van der Waals surface area (Å²) in [6.07, 6.45) is 3.98. The molecular formula is C20H24N6O2. The minimum absolute atomic E-state index is 0.120. The number of aromatic nitrogens is 5. The number of amides is 1. The molecule has 1 aliphatic heterocycles. The van der Waals surface area contributed by atoms with E-state index in [-0.39, 0.29) is 17.9 Å². The maximum absolute atomic E-state index is 12.5. The summed E-state index contributed by atoms with van der Waals surface area (Å²) in [6, 6.07) is 10.2. The SMILES string of the molecule is CC(C)c1noc(-c2cn([C@H]3CCN(C(=O)CCc4ccccc4)C3)nn2)n1. The quantitative estimate of drug-likeness (QED) is 0.653. The molecule has 146 valence electrons. The van der Waals surface area contributed by atoms with Crippen LogP contribution in [0.1, 0.15) is 50.0 Å². The molecule has 0 saturated carbocycles. The van der Waals surface area contributed by atoms with E-state index < -0.39 is 0 Å². The van der Waals surface area contributed by atoms with E-state index in [4.69, 9.17) is 4.52 Å². The van der Waals surface area contributed by atoms with E-state index in [1.807, 2.05) is 43.1 Å². The zero-order chi connectivity index (χ0) is 19.5. The van der Waals surface area contributed by atoms with Crippen LogP contribution in [0.2, 0.25) is 0 Å². The summed E-state index contributed by atoms with van der Waals surface area (Å²) in [5, 5.41) is 12.3. The van der Waals surface area contributed by atoms with Crippen LogP contribution < -0.4 is 0 Å². The molecule has 1 fully saturated rings. The fourth-order valence-electron chi connectivity index (χ4n) is 3.36. The van der Waals surface area contributed by atoms with Crippen molar-refractivity contribution in [3.63, 3.8) is 0 Å². The average Bonchev–Trinajstić information content (AvgIpc) is 3.46. The molecule has 0 radical (unpaired) electrons. The van der Waals surface area contributed by atoms with E-state index in [1.165, 1.54) is 5.56 Å². The van der Waals surface area contributed by atoms with Gasteiger partial charge in [0.05, 0.1) is 12.2 Å². The van der Waals surface area contributed by atoms with Crippen molar-refractivity contribution >= 4 is 5.91 Å². The van der Waals surface area contributed by atoms with Gasteiger partial charge >= 0.3 is 0 Å². The summed E-state index contributed by atoms with van der Waals surface area (Å²) in [4.78, 5) is 18.8. The van der Waals surface area contributed by atoms with Crippen molar-refractivity contribution in [1.82, 2.24) is 30.0 Å². The fourth-order valence-corrected chi connectivity index (χ4v) is 3.36. The molecule has 1 aromatic carbocycles. The van der Waals surface area contributed by atoms with Crippen molar-refractivity contribution in [3.8, 4) is 11.6 Å². The number of hydrogen-bond acceptors (Lipinski definition) is 6. The molecule has 0 bridgehead atoms. The molecule has 1 aliphatic rings. The van der Waals surface area contributed by atoms with Gasteiger partial charge in [0, 0.05) is 25.4 Å². The Morgan fingerprint density at radius 2 is 2.11 bits per heavy atom. The lowest BCUT2D eigenvalue weighted by Gasteiger charge is -2.16. The van der Waals surface area contributed by atoms with Crippen LogP contribution in [0.3, 0.4) is 0 Å². The number of carbonyl (C=O) groups is 1. The highest BCUT2D eigenvalue weighted by Gasteiger charge is 2.28. The molecule has 3 aromatic rings. The van der Waals surface area contributed by atoms with E-state index >= 15 is 0 Å². The Morgan fingerprint density at radius 3 is 2.86 bits per heavy atom. The van der Waals surface area contributed by atoms with Crippen LogP contribution in [0.5, 0.6) is 0 Å². The van der Waals surface area contributed by atoms with Crippen LogP contribution >= 0.6 is 0 Å². The second-order valence-corrected chi connectivity index (χ2v) is 7.46. The molecule has 0 aliphatic carbocycles. The molecular weight excluding hydrogens is 356 g/mol. The predicted octanol–water partition coefficient (Wildman–Crippen LogP) is 2.86. The number of likely N-dealkylation sites (tertiary alicyclic amines) is 1. The molecule has 8 nitrogen and oxygen atoms in total.